The van der Waals surface area contributed by atoms with Crippen LogP contribution in [0.15, 0.2) is 36.4 Å². The summed E-state index contributed by atoms with van der Waals surface area (Å²) in [5, 5.41) is 3.84. The summed E-state index contributed by atoms with van der Waals surface area (Å²) in [4.78, 5) is 0. The van der Waals surface area contributed by atoms with Gasteiger partial charge < -0.3 is 14.8 Å². The lowest BCUT2D eigenvalue weighted by Gasteiger charge is -2.14. The Hall–Kier alpha value is -1.42. The first-order valence-corrected chi connectivity index (χ1v) is 7.77. The second-order valence-corrected chi connectivity index (χ2v) is 5.57. The van der Waals surface area contributed by atoms with Crippen LogP contribution < -0.4 is 14.8 Å². The second-order valence-electron chi connectivity index (χ2n) is 5.16. The predicted molar refractivity (Wildman–Crippen MR) is 98.1 cm³/mol. The Kier molecular flexibility index (Phi) is 8.24. The van der Waals surface area contributed by atoms with Crippen LogP contribution >= 0.6 is 24.0 Å². The average molecular weight is 356 g/mol. The molecule has 0 saturated carbocycles. The van der Waals surface area contributed by atoms with Crippen molar-refractivity contribution in [2.24, 2.45) is 0 Å². The normalized spacial score (nSPS) is 10.1. The lowest BCUT2D eigenvalue weighted by atomic mass is 10.1. The Bertz CT molecular complexity index is 615. The molecular weight excluding hydrogens is 333 g/mol. The molecule has 126 valence electrons. The molecule has 2 rings (SSSR count). The molecule has 0 spiro atoms. The van der Waals surface area contributed by atoms with Gasteiger partial charge in [-0.2, -0.15) is 0 Å². The van der Waals surface area contributed by atoms with E-state index >= 15 is 0 Å². The van der Waals surface area contributed by atoms with E-state index in [1.54, 1.807) is 7.11 Å². The number of aryl methyl sites for hydroxylation is 1. The maximum absolute atomic E-state index is 6.35. The van der Waals surface area contributed by atoms with Gasteiger partial charge in [0.2, 0.25) is 0 Å². The molecule has 0 atom stereocenters. The van der Waals surface area contributed by atoms with Crippen molar-refractivity contribution in [2.75, 3.05) is 13.7 Å². The smallest absolute Gasteiger partial charge is 0.180 e. The van der Waals surface area contributed by atoms with Crippen molar-refractivity contribution in [3.8, 4) is 11.5 Å². The van der Waals surface area contributed by atoms with Gasteiger partial charge in [-0.25, -0.2) is 0 Å². The van der Waals surface area contributed by atoms with Gasteiger partial charge in [-0.05, 0) is 36.7 Å². The number of benzene rings is 2. The fourth-order valence-corrected chi connectivity index (χ4v) is 2.41. The Morgan fingerprint density at radius 2 is 1.78 bits per heavy atom. The van der Waals surface area contributed by atoms with Crippen molar-refractivity contribution in [3.63, 3.8) is 0 Å². The molecule has 0 saturated heterocycles. The maximum Gasteiger partial charge on any atom is 0.180 e. The van der Waals surface area contributed by atoms with Gasteiger partial charge in [0.15, 0.2) is 11.5 Å². The highest BCUT2D eigenvalue weighted by Crippen LogP contribution is 2.37. The van der Waals surface area contributed by atoms with Gasteiger partial charge >= 0.3 is 0 Å². The van der Waals surface area contributed by atoms with Crippen LogP contribution in [0.5, 0.6) is 11.5 Å². The fourth-order valence-electron chi connectivity index (χ4n) is 2.12. The molecule has 0 aromatic heterocycles. The standard InChI is InChI=1S/C18H22ClNO2.ClH/c1-4-20-11-15-9-16(19)18(17(10-15)21-3)22-12-14-7-5-13(2)6-8-14;/h5-10,20H,4,11-12H2,1-3H3;1H. The van der Waals surface area contributed by atoms with Crippen LogP contribution in [0.25, 0.3) is 0 Å². The molecule has 0 radical (unpaired) electrons. The van der Waals surface area contributed by atoms with Crippen LogP contribution in [-0.2, 0) is 13.2 Å². The Morgan fingerprint density at radius 1 is 1.09 bits per heavy atom. The quantitative estimate of drug-likeness (QED) is 0.775. The SMILES string of the molecule is CCNCc1cc(Cl)c(OCc2ccc(C)cc2)c(OC)c1.Cl. The van der Waals surface area contributed by atoms with Crippen LogP contribution in [0, 0.1) is 6.92 Å². The minimum Gasteiger partial charge on any atom is -0.493 e. The molecule has 0 bridgehead atoms. The largest absolute Gasteiger partial charge is 0.493 e. The summed E-state index contributed by atoms with van der Waals surface area (Å²) in [5.41, 5.74) is 3.40. The van der Waals surface area contributed by atoms with Crippen LogP contribution in [-0.4, -0.2) is 13.7 Å². The summed E-state index contributed by atoms with van der Waals surface area (Å²) in [6.45, 7) is 6.25. The molecule has 0 unspecified atom stereocenters. The van der Waals surface area contributed by atoms with Gasteiger partial charge in [0.25, 0.3) is 0 Å². The van der Waals surface area contributed by atoms with Crippen LogP contribution in [0.4, 0.5) is 0 Å². The number of ether oxygens (including phenoxy) is 2. The van der Waals surface area contributed by atoms with Crippen molar-refractivity contribution >= 4 is 24.0 Å². The van der Waals surface area contributed by atoms with Gasteiger partial charge in [0.1, 0.15) is 6.61 Å². The summed E-state index contributed by atoms with van der Waals surface area (Å²) >= 11 is 6.35. The Morgan fingerprint density at radius 3 is 2.39 bits per heavy atom. The molecule has 0 aliphatic rings. The molecule has 2 aromatic rings. The van der Waals surface area contributed by atoms with Crippen molar-refractivity contribution < 1.29 is 9.47 Å². The zero-order valence-corrected chi connectivity index (χ0v) is 15.3. The van der Waals surface area contributed by atoms with E-state index in [0.29, 0.717) is 23.1 Å². The van der Waals surface area contributed by atoms with E-state index in [2.05, 4.69) is 43.4 Å². The van der Waals surface area contributed by atoms with E-state index in [4.69, 9.17) is 21.1 Å². The van der Waals surface area contributed by atoms with E-state index < -0.39 is 0 Å². The minimum atomic E-state index is 0. The van der Waals surface area contributed by atoms with Crippen molar-refractivity contribution in [1.82, 2.24) is 5.32 Å². The summed E-state index contributed by atoms with van der Waals surface area (Å²) < 4.78 is 11.3. The lowest BCUT2D eigenvalue weighted by Crippen LogP contribution is -2.12. The summed E-state index contributed by atoms with van der Waals surface area (Å²) in [7, 11) is 1.63. The summed E-state index contributed by atoms with van der Waals surface area (Å²) in [6.07, 6.45) is 0. The number of rotatable bonds is 7. The fraction of sp³-hybridized carbons (Fsp3) is 0.333. The van der Waals surface area contributed by atoms with E-state index in [-0.39, 0.29) is 12.4 Å². The highest BCUT2D eigenvalue weighted by atomic mass is 35.5. The van der Waals surface area contributed by atoms with Crippen molar-refractivity contribution in [2.45, 2.75) is 27.0 Å². The molecule has 0 aliphatic heterocycles. The molecule has 0 fully saturated rings. The second kappa shape index (κ2) is 9.66. The van der Waals surface area contributed by atoms with Gasteiger partial charge in [-0.1, -0.05) is 48.4 Å². The van der Waals surface area contributed by atoms with Crippen LogP contribution in [0.3, 0.4) is 0 Å². The Labute approximate surface area is 149 Å². The third kappa shape index (κ3) is 5.61. The van der Waals surface area contributed by atoms with Crippen molar-refractivity contribution in [1.29, 1.82) is 0 Å². The molecule has 0 aliphatic carbocycles. The number of methoxy groups -OCH3 is 1. The van der Waals surface area contributed by atoms with Gasteiger partial charge in [0.05, 0.1) is 12.1 Å². The lowest BCUT2D eigenvalue weighted by molar-refractivity contribution is 0.284. The monoisotopic (exact) mass is 355 g/mol. The molecule has 5 heteroatoms. The van der Waals surface area contributed by atoms with E-state index in [9.17, 15) is 0 Å². The molecular formula is C18H23Cl2NO2. The van der Waals surface area contributed by atoms with E-state index in [0.717, 1.165) is 24.2 Å². The number of hydrogen-bond acceptors (Lipinski definition) is 3. The van der Waals surface area contributed by atoms with E-state index in [1.165, 1.54) is 5.56 Å². The van der Waals surface area contributed by atoms with Gasteiger partial charge in [0, 0.05) is 6.54 Å². The first kappa shape index (κ1) is 19.6. The van der Waals surface area contributed by atoms with Crippen molar-refractivity contribution in [3.05, 3.63) is 58.1 Å². The third-order valence-corrected chi connectivity index (χ3v) is 3.65. The zero-order valence-electron chi connectivity index (χ0n) is 13.7. The number of halogens is 2. The van der Waals surface area contributed by atoms with E-state index in [1.807, 2.05) is 12.1 Å². The highest BCUT2D eigenvalue weighted by molar-refractivity contribution is 6.32. The topological polar surface area (TPSA) is 30.5 Å². The Balaban J connectivity index is 0.00000264. The highest BCUT2D eigenvalue weighted by Gasteiger charge is 2.12. The molecule has 1 N–H and O–H groups in total. The minimum absolute atomic E-state index is 0. The van der Waals surface area contributed by atoms with Crippen LogP contribution in [0.2, 0.25) is 5.02 Å². The zero-order chi connectivity index (χ0) is 15.9. The molecule has 0 amide bonds. The van der Waals surface area contributed by atoms with Gasteiger partial charge in [-0.3, -0.25) is 0 Å². The first-order valence-electron chi connectivity index (χ1n) is 7.39. The van der Waals surface area contributed by atoms with Crippen LogP contribution in [0.1, 0.15) is 23.6 Å². The molecule has 0 heterocycles. The number of nitrogens with one attached hydrogen (secondary N) is 1. The third-order valence-electron chi connectivity index (χ3n) is 3.37. The molecule has 2 aromatic carbocycles. The number of hydrogen-bond donors (Lipinski definition) is 1. The summed E-state index contributed by atoms with van der Waals surface area (Å²) in [5.74, 6) is 1.25. The maximum atomic E-state index is 6.35. The first-order chi connectivity index (χ1) is 10.6. The average Bonchev–Trinajstić information content (AvgIpc) is 2.53. The molecule has 3 nitrogen and oxygen atoms in total. The summed E-state index contributed by atoms with van der Waals surface area (Å²) in [6, 6.07) is 12.1. The van der Waals surface area contributed by atoms with Gasteiger partial charge in [-0.15, -0.1) is 12.4 Å². The molecule has 23 heavy (non-hydrogen) atoms. The predicted octanol–water partition coefficient (Wildman–Crippen LogP) is 4.77.